The fourth-order valence-corrected chi connectivity index (χ4v) is 5.50. The fraction of sp³-hybridized carbons (Fsp3) is 0.273. The van der Waals surface area contributed by atoms with Crippen molar-refractivity contribution in [3.05, 3.63) is 101 Å². The van der Waals surface area contributed by atoms with Crippen molar-refractivity contribution in [2.75, 3.05) is 32.1 Å². The highest BCUT2D eigenvalue weighted by Crippen LogP contribution is 2.38. The number of nitrogens with two attached hydrogens (primary N) is 1. The number of nitrogens with one attached hydrogen (secondary N) is 1. The van der Waals surface area contributed by atoms with Crippen LogP contribution in [0.1, 0.15) is 41.0 Å². The van der Waals surface area contributed by atoms with Crippen LogP contribution < -0.4 is 11.1 Å². The predicted molar refractivity (Wildman–Crippen MR) is 173 cm³/mol. The van der Waals surface area contributed by atoms with E-state index < -0.39 is 29.3 Å². The highest BCUT2D eigenvalue weighted by molar-refractivity contribution is 7.20. The van der Waals surface area contributed by atoms with Gasteiger partial charge in [0.15, 0.2) is 0 Å². The molecule has 5 N–H and O–H groups in total. The summed E-state index contributed by atoms with van der Waals surface area (Å²) in [6.45, 7) is 2.58. The van der Waals surface area contributed by atoms with Crippen LogP contribution in [0.15, 0.2) is 72.8 Å². The Labute approximate surface area is 270 Å². The molecule has 13 heteroatoms. The molecule has 4 aromatic rings. The number of thiophene rings is 1. The van der Waals surface area contributed by atoms with Gasteiger partial charge in [-0.15, -0.1) is 11.3 Å². The molecule has 4 rings (SSSR count). The molecule has 3 amide bonds. The van der Waals surface area contributed by atoms with Gasteiger partial charge in [0.05, 0.1) is 30.0 Å². The number of likely N-dealkylation sites (N-methyl/N-ethyl adjacent to an activating group) is 1. The van der Waals surface area contributed by atoms with Crippen LogP contribution in [0.2, 0.25) is 0 Å². The number of aliphatic hydroxyl groups excluding tert-OH is 1. The number of amides is 3. The number of anilines is 2. The molecule has 0 saturated heterocycles. The van der Waals surface area contributed by atoms with E-state index in [1.165, 1.54) is 35.0 Å². The van der Waals surface area contributed by atoms with E-state index >= 15 is 4.39 Å². The van der Waals surface area contributed by atoms with Gasteiger partial charge in [0.2, 0.25) is 5.91 Å². The second-order valence-electron chi connectivity index (χ2n) is 11.0. The molecule has 2 aromatic heterocycles. The zero-order valence-corrected chi connectivity index (χ0v) is 26.5. The number of carbonyl (C=O) groups is 3. The van der Waals surface area contributed by atoms with E-state index in [1.807, 2.05) is 30.3 Å². The van der Waals surface area contributed by atoms with Gasteiger partial charge in [-0.25, -0.2) is 14.2 Å². The Morgan fingerprint density at radius 3 is 2.46 bits per heavy atom. The molecule has 46 heavy (non-hydrogen) atoms. The first-order chi connectivity index (χ1) is 21.8. The molecule has 0 aliphatic rings. The quantitative estimate of drug-likeness (QED) is 0.164. The van der Waals surface area contributed by atoms with Crippen LogP contribution in [-0.4, -0.2) is 69.6 Å². The van der Waals surface area contributed by atoms with Gasteiger partial charge in [-0.3, -0.25) is 14.5 Å². The third-order valence-corrected chi connectivity index (χ3v) is 8.07. The maximum Gasteiger partial charge on any atom is 0.410 e. The third-order valence-electron chi connectivity index (χ3n) is 6.99. The summed E-state index contributed by atoms with van der Waals surface area (Å²) in [4.78, 5) is 45.7. The summed E-state index contributed by atoms with van der Waals surface area (Å²) in [5, 5.41) is 22.9. The molecule has 0 radical (unpaired) electrons. The zero-order chi connectivity index (χ0) is 33.4. The fourth-order valence-electron chi connectivity index (χ4n) is 4.40. The summed E-state index contributed by atoms with van der Waals surface area (Å²) in [7, 11) is 1.52. The number of nitrogens with zero attached hydrogens (tertiary/aromatic N) is 3. The topological polar surface area (TPSA) is 158 Å². The first-order valence-electron chi connectivity index (χ1n) is 14.4. The van der Waals surface area contributed by atoms with E-state index in [1.54, 1.807) is 38.1 Å². The van der Waals surface area contributed by atoms with Gasteiger partial charge < -0.3 is 30.9 Å². The van der Waals surface area contributed by atoms with E-state index in [0.717, 1.165) is 16.9 Å². The van der Waals surface area contributed by atoms with E-state index in [2.05, 4.69) is 10.3 Å². The van der Waals surface area contributed by atoms with Gasteiger partial charge in [0.25, 0.3) is 5.91 Å². The van der Waals surface area contributed by atoms with Crippen molar-refractivity contribution in [1.29, 1.82) is 0 Å². The van der Waals surface area contributed by atoms with E-state index in [9.17, 15) is 24.6 Å². The average molecular weight is 650 g/mol. The molecular weight excluding hydrogens is 613 g/mol. The van der Waals surface area contributed by atoms with Crippen molar-refractivity contribution in [1.82, 2.24) is 14.8 Å². The van der Waals surface area contributed by atoms with Gasteiger partial charge in [0.1, 0.15) is 29.8 Å². The molecule has 0 spiro atoms. The standard InChI is InChI=1S/C33H36FN5O6S/c1-33(2,44)22-12-13-24(26(34)16-22)27-17-25(30(35)42)31(46-27)37-28-11-7-10-23(36-28)18-39(19-29(41)38(3)14-15-40)32(43)45-20-21-8-5-4-6-9-21/h4-13,16-17,40,44H,14-15,18-20H2,1-3H3,(H2,35,42)(H,36,37). The number of benzene rings is 2. The molecule has 242 valence electrons. The Hall–Kier alpha value is -4.85. The number of carbonyl (C=O) groups excluding carboxylic acids is 3. The van der Waals surface area contributed by atoms with Crippen molar-refractivity contribution in [2.45, 2.75) is 32.6 Å². The Morgan fingerprint density at radius 2 is 1.80 bits per heavy atom. The van der Waals surface area contributed by atoms with Crippen LogP contribution in [0.5, 0.6) is 0 Å². The normalized spacial score (nSPS) is 11.2. The lowest BCUT2D eigenvalue weighted by molar-refractivity contribution is -0.131. The molecular formula is C33H36FN5O6S. The van der Waals surface area contributed by atoms with Crippen molar-refractivity contribution in [2.24, 2.45) is 5.73 Å². The average Bonchev–Trinajstić information content (AvgIpc) is 3.43. The number of rotatable bonds is 13. The number of hydrogen-bond acceptors (Lipinski definition) is 9. The Balaban J connectivity index is 1.56. The maximum atomic E-state index is 15.1. The van der Waals surface area contributed by atoms with E-state index in [-0.39, 0.29) is 44.0 Å². The number of hydrogen-bond donors (Lipinski definition) is 4. The van der Waals surface area contributed by atoms with Crippen molar-refractivity contribution >= 4 is 40.1 Å². The molecule has 0 fully saturated rings. The molecule has 11 nitrogen and oxygen atoms in total. The lowest BCUT2D eigenvalue weighted by atomic mass is 9.96. The number of primary amides is 1. The molecule has 0 aliphatic heterocycles. The summed E-state index contributed by atoms with van der Waals surface area (Å²) >= 11 is 1.10. The van der Waals surface area contributed by atoms with Crippen LogP contribution in [-0.2, 0) is 28.3 Å². The third kappa shape index (κ3) is 8.87. The maximum absolute atomic E-state index is 15.1. The summed E-state index contributed by atoms with van der Waals surface area (Å²) < 4.78 is 20.6. The van der Waals surface area contributed by atoms with Gasteiger partial charge in [-0.1, -0.05) is 48.5 Å². The van der Waals surface area contributed by atoms with E-state index in [4.69, 9.17) is 10.5 Å². The second kappa shape index (κ2) is 15.0. The Bertz CT molecular complexity index is 1690. The van der Waals surface area contributed by atoms with Gasteiger partial charge in [-0.05, 0) is 49.2 Å². The monoisotopic (exact) mass is 649 g/mol. The highest BCUT2D eigenvalue weighted by Gasteiger charge is 2.23. The minimum atomic E-state index is -1.23. The van der Waals surface area contributed by atoms with Gasteiger partial charge in [-0.2, -0.15) is 0 Å². The smallest absolute Gasteiger partial charge is 0.410 e. The number of aromatic nitrogens is 1. The minimum Gasteiger partial charge on any atom is -0.445 e. The van der Waals surface area contributed by atoms with Crippen molar-refractivity contribution in [3.63, 3.8) is 0 Å². The largest absolute Gasteiger partial charge is 0.445 e. The molecule has 0 unspecified atom stereocenters. The minimum absolute atomic E-state index is 0.00353. The Kier molecular flexibility index (Phi) is 11.1. The van der Waals surface area contributed by atoms with E-state index in [0.29, 0.717) is 27.0 Å². The lowest BCUT2D eigenvalue weighted by Crippen LogP contribution is -2.42. The van der Waals surface area contributed by atoms with Gasteiger partial charge >= 0.3 is 6.09 Å². The molecule has 0 atom stereocenters. The second-order valence-corrected chi connectivity index (χ2v) is 12.1. The number of pyridine rings is 1. The van der Waals surface area contributed by atoms with Crippen LogP contribution >= 0.6 is 11.3 Å². The predicted octanol–water partition coefficient (Wildman–Crippen LogP) is 4.61. The molecule has 0 bridgehead atoms. The molecule has 2 aromatic carbocycles. The van der Waals surface area contributed by atoms with Crippen LogP contribution in [0.3, 0.4) is 0 Å². The van der Waals surface area contributed by atoms with Crippen LogP contribution in [0.25, 0.3) is 10.4 Å². The van der Waals surface area contributed by atoms with Crippen LogP contribution in [0, 0.1) is 5.82 Å². The Morgan fingerprint density at radius 1 is 1.07 bits per heavy atom. The molecule has 0 saturated carbocycles. The zero-order valence-electron chi connectivity index (χ0n) is 25.7. The van der Waals surface area contributed by atoms with Crippen molar-refractivity contribution in [3.8, 4) is 10.4 Å². The summed E-state index contributed by atoms with van der Waals surface area (Å²) in [6.07, 6.45) is -0.730. The number of halogens is 1. The van der Waals surface area contributed by atoms with Gasteiger partial charge in [0, 0.05) is 24.0 Å². The summed E-state index contributed by atoms with van der Waals surface area (Å²) in [6, 6.07) is 20.0. The summed E-state index contributed by atoms with van der Waals surface area (Å²) in [5.74, 6) is -1.39. The first kappa shape index (κ1) is 34.0. The molecule has 2 heterocycles. The number of aliphatic hydroxyl groups is 2. The van der Waals surface area contributed by atoms with Crippen LogP contribution in [0.4, 0.5) is 20.0 Å². The first-order valence-corrected chi connectivity index (χ1v) is 15.2. The SMILES string of the molecule is CN(CCO)C(=O)CN(Cc1cccc(Nc2sc(-c3ccc(C(C)(C)O)cc3F)cc2C(N)=O)n1)C(=O)OCc1ccccc1. The number of ether oxygens (including phenoxy) is 1. The summed E-state index contributed by atoms with van der Waals surface area (Å²) in [5.41, 5.74) is 6.36. The molecule has 0 aliphatic carbocycles. The highest BCUT2D eigenvalue weighted by atomic mass is 32.1. The van der Waals surface area contributed by atoms with Crippen molar-refractivity contribution < 1.29 is 33.7 Å². The lowest BCUT2D eigenvalue weighted by Gasteiger charge is -2.24.